The first-order valence-corrected chi connectivity index (χ1v) is 8.84. The fourth-order valence-corrected chi connectivity index (χ4v) is 3.93. The summed E-state index contributed by atoms with van der Waals surface area (Å²) in [5.41, 5.74) is 0.0220. The summed E-state index contributed by atoms with van der Waals surface area (Å²) in [5, 5.41) is 12.6. The van der Waals surface area contributed by atoms with Gasteiger partial charge >= 0.3 is 5.97 Å². The number of nitrogens with one attached hydrogen (secondary N) is 1. The molecule has 2 N–H and O–H groups in total. The van der Waals surface area contributed by atoms with Gasteiger partial charge in [-0.2, -0.15) is 11.8 Å². The number of carboxylic acids is 1. The fraction of sp³-hybridized carbons (Fsp3) is 0.312. The Morgan fingerprint density at radius 1 is 1.38 bits per heavy atom. The van der Waals surface area contributed by atoms with Gasteiger partial charge in [-0.1, -0.05) is 11.6 Å². The average molecular weight is 367 g/mol. The Balaban J connectivity index is 1.67. The van der Waals surface area contributed by atoms with Gasteiger partial charge in [0.15, 0.2) is 0 Å². The van der Waals surface area contributed by atoms with Gasteiger partial charge in [0, 0.05) is 16.3 Å². The summed E-state index contributed by atoms with van der Waals surface area (Å²) >= 11 is 7.36. The quantitative estimate of drug-likeness (QED) is 0.845. The molecule has 1 amide bonds. The van der Waals surface area contributed by atoms with Crippen LogP contribution >= 0.6 is 23.4 Å². The maximum Gasteiger partial charge on any atom is 0.330 e. The molecule has 0 aliphatic carbocycles. The highest BCUT2D eigenvalue weighted by atomic mass is 35.5. The number of aromatic nitrogens is 1. The number of rotatable bonds is 5. The minimum atomic E-state index is -1.18. The largest absolute Gasteiger partial charge is 0.479 e. The molecule has 2 heterocycles. The number of nitrogens with zero attached hydrogens (tertiary/aromatic N) is 1. The average Bonchev–Trinajstić information content (AvgIpc) is 3.18. The zero-order chi connectivity index (χ0) is 17.2. The minimum Gasteiger partial charge on any atom is -0.479 e. The van der Waals surface area contributed by atoms with Crippen molar-refractivity contribution in [2.45, 2.75) is 18.4 Å². The molecule has 1 atom stereocenters. The Kier molecular flexibility index (Phi) is 4.82. The van der Waals surface area contributed by atoms with E-state index < -0.39 is 11.5 Å². The van der Waals surface area contributed by atoms with Crippen molar-refractivity contribution in [3.8, 4) is 11.5 Å². The number of oxazole rings is 1. The van der Waals surface area contributed by atoms with Crippen LogP contribution in [0.5, 0.6) is 0 Å². The number of hydrogen-bond donors (Lipinski definition) is 2. The second kappa shape index (κ2) is 6.86. The standard InChI is InChI=1S/C16H15ClN2O4S/c17-11-3-1-10(2-4-11)14-18-12(8-23-14)7-13(20)19-16(15(21)22)5-6-24-9-16/h1-4,8H,5-7,9H2,(H,19,20)(H,21,22). The fourth-order valence-electron chi connectivity index (χ4n) is 2.47. The summed E-state index contributed by atoms with van der Waals surface area (Å²) < 4.78 is 5.38. The summed E-state index contributed by atoms with van der Waals surface area (Å²) in [5.74, 6) is 0.109. The number of halogens is 1. The SMILES string of the molecule is O=C(Cc1coc(-c2ccc(Cl)cc2)n1)NC1(C(=O)O)CCSC1. The van der Waals surface area contributed by atoms with Crippen LogP contribution in [0, 0.1) is 0 Å². The molecule has 0 saturated carbocycles. The van der Waals surface area contributed by atoms with E-state index in [-0.39, 0.29) is 12.3 Å². The van der Waals surface area contributed by atoms with Crippen molar-refractivity contribution < 1.29 is 19.1 Å². The molecule has 1 aliphatic heterocycles. The van der Waals surface area contributed by atoms with Crippen LogP contribution in [0.1, 0.15) is 12.1 Å². The Bertz CT molecular complexity index is 754. The van der Waals surface area contributed by atoms with Gasteiger partial charge in [0.1, 0.15) is 11.8 Å². The second-order valence-electron chi connectivity index (χ2n) is 5.57. The minimum absolute atomic E-state index is 0.0310. The summed E-state index contributed by atoms with van der Waals surface area (Å²) in [7, 11) is 0. The first kappa shape index (κ1) is 16.9. The number of carbonyl (C=O) groups is 2. The lowest BCUT2D eigenvalue weighted by Gasteiger charge is -2.24. The van der Waals surface area contributed by atoms with Crippen LogP contribution in [0.2, 0.25) is 5.02 Å². The number of carboxylic acid groups (broad SMARTS) is 1. The van der Waals surface area contributed by atoms with Gasteiger partial charge in [0.05, 0.1) is 12.1 Å². The zero-order valence-electron chi connectivity index (χ0n) is 12.6. The Morgan fingerprint density at radius 2 is 2.12 bits per heavy atom. The molecular weight excluding hydrogens is 352 g/mol. The van der Waals surface area contributed by atoms with Gasteiger partial charge in [-0.3, -0.25) is 4.79 Å². The molecular formula is C16H15ClN2O4S. The van der Waals surface area contributed by atoms with E-state index in [4.69, 9.17) is 16.0 Å². The predicted octanol–water partition coefficient (Wildman–Crippen LogP) is 2.61. The lowest BCUT2D eigenvalue weighted by molar-refractivity contribution is -0.146. The number of thioether (sulfide) groups is 1. The lowest BCUT2D eigenvalue weighted by Crippen LogP contribution is -2.55. The smallest absolute Gasteiger partial charge is 0.330 e. The van der Waals surface area contributed by atoms with E-state index in [0.29, 0.717) is 28.8 Å². The third kappa shape index (κ3) is 3.57. The van der Waals surface area contributed by atoms with Gasteiger partial charge < -0.3 is 14.8 Å². The summed E-state index contributed by atoms with van der Waals surface area (Å²) in [6, 6.07) is 6.99. The van der Waals surface area contributed by atoms with Crippen LogP contribution in [0.15, 0.2) is 34.9 Å². The molecule has 0 bridgehead atoms. The third-order valence-corrected chi connectivity index (χ3v) is 5.24. The van der Waals surface area contributed by atoms with E-state index in [9.17, 15) is 14.7 Å². The van der Waals surface area contributed by atoms with E-state index in [1.165, 1.54) is 18.0 Å². The first-order chi connectivity index (χ1) is 11.5. The van der Waals surface area contributed by atoms with Crippen LogP contribution in [-0.2, 0) is 16.0 Å². The van der Waals surface area contributed by atoms with Gasteiger partial charge in [0.2, 0.25) is 11.8 Å². The molecule has 1 saturated heterocycles. The number of benzene rings is 1. The summed E-state index contributed by atoms with van der Waals surface area (Å²) in [6.45, 7) is 0. The Hall–Kier alpha value is -1.99. The van der Waals surface area contributed by atoms with Crippen LogP contribution in [0.25, 0.3) is 11.5 Å². The molecule has 2 aromatic rings. The third-order valence-electron chi connectivity index (χ3n) is 3.79. The first-order valence-electron chi connectivity index (χ1n) is 7.31. The van der Waals surface area contributed by atoms with Crippen molar-refractivity contribution in [1.82, 2.24) is 10.3 Å². The molecule has 1 aromatic heterocycles. The topological polar surface area (TPSA) is 92.4 Å². The number of hydrogen-bond acceptors (Lipinski definition) is 5. The van der Waals surface area contributed by atoms with E-state index in [1.807, 2.05) is 0 Å². The van der Waals surface area contributed by atoms with Crippen molar-refractivity contribution in [1.29, 1.82) is 0 Å². The molecule has 6 nitrogen and oxygen atoms in total. The molecule has 24 heavy (non-hydrogen) atoms. The Labute approximate surface area is 147 Å². The molecule has 0 radical (unpaired) electrons. The van der Waals surface area contributed by atoms with E-state index in [1.54, 1.807) is 24.3 Å². The van der Waals surface area contributed by atoms with Crippen molar-refractivity contribution >= 4 is 35.2 Å². The summed E-state index contributed by atoms with van der Waals surface area (Å²) in [4.78, 5) is 27.9. The van der Waals surface area contributed by atoms with E-state index in [0.717, 1.165) is 11.3 Å². The van der Waals surface area contributed by atoms with Crippen molar-refractivity contribution in [3.63, 3.8) is 0 Å². The van der Waals surface area contributed by atoms with Gasteiger partial charge in [0.25, 0.3) is 0 Å². The molecule has 1 aliphatic rings. The number of amides is 1. The molecule has 1 aromatic carbocycles. The second-order valence-corrected chi connectivity index (χ2v) is 7.11. The molecule has 1 fully saturated rings. The number of carbonyl (C=O) groups excluding carboxylic acids is 1. The van der Waals surface area contributed by atoms with E-state index in [2.05, 4.69) is 10.3 Å². The van der Waals surface area contributed by atoms with Crippen LogP contribution in [0.3, 0.4) is 0 Å². The van der Waals surface area contributed by atoms with Crippen molar-refractivity contribution in [2.24, 2.45) is 0 Å². The molecule has 8 heteroatoms. The lowest BCUT2D eigenvalue weighted by atomic mass is 9.99. The Morgan fingerprint density at radius 3 is 2.75 bits per heavy atom. The monoisotopic (exact) mass is 366 g/mol. The van der Waals surface area contributed by atoms with Gasteiger partial charge in [-0.15, -0.1) is 0 Å². The number of aliphatic carboxylic acids is 1. The van der Waals surface area contributed by atoms with Gasteiger partial charge in [-0.05, 0) is 36.4 Å². The molecule has 126 valence electrons. The van der Waals surface area contributed by atoms with Crippen LogP contribution < -0.4 is 5.32 Å². The highest BCUT2D eigenvalue weighted by molar-refractivity contribution is 7.99. The van der Waals surface area contributed by atoms with Gasteiger partial charge in [-0.25, -0.2) is 9.78 Å². The normalized spacial score (nSPS) is 20.0. The van der Waals surface area contributed by atoms with E-state index >= 15 is 0 Å². The molecule has 0 spiro atoms. The molecule has 3 rings (SSSR count). The van der Waals surface area contributed by atoms with Crippen LogP contribution in [0.4, 0.5) is 0 Å². The zero-order valence-corrected chi connectivity index (χ0v) is 14.2. The maximum atomic E-state index is 12.2. The van der Waals surface area contributed by atoms with Crippen molar-refractivity contribution in [2.75, 3.05) is 11.5 Å². The predicted molar refractivity (Wildman–Crippen MR) is 91.1 cm³/mol. The molecule has 1 unspecified atom stereocenters. The summed E-state index contributed by atoms with van der Waals surface area (Å²) in [6.07, 6.45) is 1.80. The maximum absolute atomic E-state index is 12.2. The van der Waals surface area contributed by atoms with Crippen molar-refractivity contribution in [3.05, 3.63) is 41.2 Å². The van der Waals surface area contributed by atoms with Crippen LogP contribution in [-0.4, -0.2) is 39.0 Å². The highest BCUT2D eigenvalue weighted by Gasteiger charge is 2.43. The highest BCUT2D eigenvalue weighted by Crippen LogP contribution is 2.28.